The zero-order chi connectivity index (χ0) is 33.2. The monoisotopic (exact) mass is 638 g/mol. The van der Waals surface area contributed by atoms with Crippen molar-refractivity contribution in [2.24, 2.45) is 5.92 Å². The fourth-order valence-electron chi connectivity index (χ4n) is 6.81. The molecule has 3 aliphatic heterocycles. The SMILES string of the molecule is CC1CN(C(=O)O[C@@H]2C[C@H]3C(=O)N[C@]4(C(=O)O)C[C@@H]4/C=C\CCCCC[C@H](NC(=O)OC(C)(C)C)C(=O)N3C2)Cc2ccccc21. The molecule has 250 valence electrons. The van der Waals surface area contributed by atoms with Crippen molar-refractivity contribution in [3.05, 3.63) is 47.5 Å². The van der Waals surface area contributed by atoms with E-state index in [2.05, 4.69) is 16.7 Å². The van der Waals surface area contributed by atoms with Crippen molar-refractivity contribution < 1.29 is 38.6 Å². The summed E-state index contributed by atoms with van der Waals surface area (Å²) in [5.41, 5.74) is -0.0184. The number of aliphatic carboxylic acids is 1. The molecule has 3 N–H and O–H groups in total. The first kappa shape index (κ1) is 33.3. The number of benzene rings is 1. The highest BCUT2D eigenvalue weighted by Gasteiger charge is 2.61. The Hall–Kier alpha value is -4.09. The minimum atomic E-state index is -1.46. The molecule has 46 heavy (non-hydrogen) atoms. The molecule has 1 aromatic rings. The van der Waals surface area contributed by atoms with Crippen molar-refractivity contribution in [3.8, 4) is 0 Å². The first-order valence-electron chi connectivity index (χ1n) is 16.3. The largest absolute Gasteiger partial charge is 0.479 e. The summed E-state index contributed by atoms with van der Waals surface area (Å²) >= 11 is 0. The van der Waals surface area contributed by atoms with Gasteiger partial charge in [0.2, 0.25) is 11.8 Å². The van der Waals surface area contributed by atoms with Gasteiger partial charge in [0.1, 0.15) is 29.3 Å². The third kappa shape index (κ3) is 7.47. The molecule has 4 aliphatic rings. The van der Waals surface area contributed by atoms with Crippen molar-refractivity contribution in [2.75, 3.05) is 13.1 Å². The summed E-state index contributed by atoms with van der Waals surface area (Å²) in [6, 6.07) is 5.86. The van der Waals surface area contributed by atoms with Crippen LogP contribution < -0.4 is 10.6 Å². The van der Waals surface area contributed by atoms with E-state index in [1.165, 1.54) is 10.5 Å². The maximum atomic E-state index is 14.1. The van der Waals surface area contributed by atoms with Crippen LogP contribution in [0.3, 0.4) is 0 Å². The Morgan fingerprint density at radius 2 is 1.85 bits per heavy atom. The molecule has 1 saturated heterocycles. The lowest BCUT2D eigenvalue weighted by atomic mass is 9.91. The van der Waals surface area contributed by atoms with Crippen LogP contribution in [0.1, 0.15) is 89.7 Å². The number of nitrogens with zero attached hydrogens (tertiary/aromatic N) is 2. The van der Waals surface area contributed by atoms with E-state index in [1.807, 2.05) is 37.3 Å². The summed E-state index contributed by atoms with van der Waals surface area (Å²) in [4.78, 5) is 69.4. The van der Waals surface area contributed by atoms with E-state index < -0.39 is 59.3 Å². The molecule has 5 rings (SSSR count). The van der Waals surface area contributed by atoms with E-state index in [0.29, 0.717) is 25.9 Å². The number of fused-ring (bicyclic) bond motifs is 3. The van der Waals surface area contributed by atoms with Crippen LogP contribution in [-0.2, 0) is 30.4 Å². The Morgan fingerprint density at radius 1 is 1.09 bits per heavy atom. The molecule has 1 unspecified atom stereocenters. The number of rotatable bonds is 3. The molecule has 0 radical (unpaired) electrons. The number of ether oxygens (including phenoxy) is 2. The second kappa shape index (κ2) is 13.3. The van der Waals surface area contributed by atoms with Crippen LogP contribution in [-0.4, -0.2) is 87.3 Å². The number of hydrogen-bond donors (Lipinski definition) is 3. The highest BCUT2D eigenvalue weighted by molar-refractivity contribution is 5.96. The molecular formula is C34H46N4O8. The van der Waals surface area contributed by atoms with Gasteiger partial charge in [-0.05, 0) is 63.5 Å². The zero-order valence-corrected chi connectivity index (χ0v) is 27.1. The topological polar surface area (TPSA) is 155 Å². The Bertz CT molecular complexity index is 1390. The molecule has 4 amide bonds. The Balaban J connectivity index is 1.37. The predicted molar refractivity (Wildman–Crippen MR) is 168 cm³/mol. The quantitative estimate of drug-likeness (QED) is 0.419. The number of alkyl carbamates (subject to hydrolysis) is 1. The molecule has 1 aromatic carbocycles. The van der Waals surface area contributed by atoms with Gasteiger partial charge in [-0.15, -0.1) is 0 Å². The lowest BCUT2D eigenvalue weighted by Crippen LogP contribution is -2.56. The van der Waals surface area contributed by atoms with Gasteiger partial charge in [0, 0.05) is 25.4 Å². The van der Waals surface area contributed by atoms with Crippen LogP contribution in [0.25, 0.3) is 0 Å². The number of nitrogens with one attached hydrogen (secondary N) is 2. The first-order chi connectivity index (χ1) is 21.8. The third-order valence-corrected chi connectivity index (χ3v) is 9.28. The first-order valence-corrected chi connectivity index (χ1v) is 16.3. The van der Waals surface area contributed by atoms with Gasteiger partial charge in [-0.25, -0.2) is 14.4 Å². The Labute approximate surface area is 269 Å². The Morgan fingerprint density at radius 3 is 2.59 bits per heavy atom. The summed E-state index contributed by atoms with van der Waals surface area (Å²) < 4.78 is 11.3. The highest BCUT2D eigenvalue weighted by Crippen LogP contribution is 2.45. The smallest absolute Gasteiger partial charge is 0.410 e. The lowest BCUT2D eigenvalue weighted by molar-refractivity contribution is -0.145. The van der Waals surface area contributed by atoms with Crippen molar-refractivity contribution in [1.29, 1.82) is 0 Å². The maximum absolute atomic E-state index is 14.1. The average molecular weight is 639 g/mol. The second-order valence-electron chi connectivity index (χ2n) is 14.1. The number of allylic oxidation sites excluding steroid dienone is 1. The summed E-state index contributed by atoms with van der Waals surface area (Å²) in [6.07, 6.45) is 5.26. The number of carboxylic acids is 1. The number of hydrogen-bond acceptors (Lipinski definition) is 7. The fourth-order valence-corrected chi connectivity index (χ4v) is 6.81. The van der Waals surface area contributed by atoms with Crippen LogP contribution in [0.2, 0.25) is 0 Å². The summed E-state index contributed by atoms with van der Waals surface area (Å²) in [5, 5.41) is 15.5. The molecule has 3 heterocycles. The van der Waals surface area contributed by atoms with E-state index in [-0.39, 0.29) is 31.2 Å². The van der Waals surface area contributed by atoms with Crippen molar-refractivity contribution >= 4 is 30.0 Å². The Kier molecular flexibility index (Phi) is 9.65. The van der Waals surface area contributed by atoms with Crippen molar-refractivity contribution in [3.63, 3.8) is 0 Å². The van der Waals surface area contributed by atoms with Gasteiger partial charge in [-0.2, -0.15) is 0 Å². The van der Waals surface area contributed by atoms with E-state index in [4.69, 9.17) is 9.47 Å². The molecule has 12 nitrogen and oxygen atoms in total. The van der Waals surface area contributed by atoms with Gasteiger partial charge >= 0.3 is 18.2 Å². The molecule has 12 heteroatoms. The van der Waals surface area contributed by atoms with Gasteiger partial charge in [0.05, 0.1) is 6.54 Å². The third-order valence-electron chi connectivity index (χ3n) is 9.28. The minimum Gasteiger partial charge on any atom is -0.479 e. The number of carboxylic acid groups (broad SMARTS) is 1. The zero-order valence-electron chi connectivity index (χ0n) is 27.1. The molecule has 1 saturated carbocycles. The normalized spacial score (nSPS) is 30.7. The second-order valence-corrected chi connectivity index (χ2v) is 14.1. The van der Waals surface area contributed by atoms with E-state index in [9.17, 15) is 29.1 Å². The van der Waals surface area contributed by atoms with Crippen LogP contribution in [0.5, 0.6) is 0 Å². The van der Waals surface area contributed by atoms with Gasteiger partial charge in [-0.3, -0.25) is 9.59 Å². The molecule has 1 aliphatic carbocycles. The fraction of sp³-hybridized carbons (Fsp3) is 0.618. The molecule has 6 atom stereocenters. The van der Waals surface area contributed by atoms with Crippen LogP contribution >= 0.6 is 0 Å². The summed E-state index contributed by atoms with van der Waals surface area (Å²) in [6.45, 7) is 8.00. The molecule has 2 fully saturated rings. The molecular weight excluding hydrogens is 592 g/mol. The summed E-state index contributed by atoms with van der Waals surface area (Å²) in [5.74, 6) is -2.52. The summed E-state index contributed by atoms with van der Waals surface area (Å²) in [7, 11) is 0. The maximum Gasteiger partial charge on any atom is 0.410 e. The minimum absolute atomic E-state index is 0.00133. The number of carbonyl (C=O) groups is 5. The molecule has 0 aromatic heterocycles. The van der Waals surface area contributed by atoms with E-state index in [0.717, 1.165) is 24.8 Å². The van der Waals surface area contributed by atoms with Crippen molar-refractivity contribution in [2.45, 2.75) is 114 Å². The molecule has 0 spiro atoms. The van der Waals surface area contributed by atoms with E-state index >= 15 is 0 Å². The number of amides is 4. The molecule has 0 bridgehead atoms. The van der Waals surface area contributed by atoms with E-state index in [1.54, 1.807) is 25.7 Å². The van der Waals surface area contributed by atoms with Crippen LogP contribution in [0, 0.1) is 5.92 Å². The average Bonchev–Trinajstić information content (AvgIpc) is 3.52. The van der Waals surface area contributed by atoms with Gasteiger partial charge in [0.25, 0.3) is 0 Å². The van der Waals surface area contributed by atoms with Crippen LogP contribution in [0.4, 0.5) is 9.59 Å². The van der Waals surface area contributed by atoms with Crippen molar-refractivity contribution in [1.82, 2.24) is 20.4 Å². The van der Waals surface area contributed by atoms with Gasteiger partial charge < -0.3 is 35.0 Å². The standard InChI is InChI=1S/C34H46N4O8/c1-21-18-37(19-22-12-10-11-14-25(21)22)32(44)45-24-16-27-28(39)36-34(30(41)42)17-23(34)13-8-6-5-7-9-15-26(29(40)38(27)20-24)35-31(43)46-33(2,3)4/h8,10-14,21,23-24,26-27H,5-7,9,15-20H2,1-4H3,(H,35,43)(H,36,39)(H,41,42)/b13-8-/t21?,23-,24+,26-,27-,34+/m0/s1. The van der Waals surface area contributed by atoms with Gasteiger partial charge in [-0.1, -0.05) is 56.2 Å². The van der Waals surface area contributed by atoms with Crippen LogP contribution in [0.15, 0.2) is 36.4 Å². The number of carbonyl (C=O) groups excluding carboxylic acids is 4. The highest BCUT2D eigenvalue weighted by atomic mass is 16.6. The predicted octanol–water partition coefficient (Wildman–Crippen LogP) is 4.08. The van der Waals surface area contributed by atoms with Gasteiger partial charge in [0.15, 0.2) is 0 Å². The lowest BCUT2D eigenvalue weighted by Gasteiger charge is -2.33.